The molecule has 1 N–H and O–H groups in total. The maximum absolute atomic E-state index is 12.6. The molecular weight excluding hydrogens is 392 g/mol. The van der Waals surface area contributed by atoms with E-state index in [2.05, 4.69) is 20.1 Å². The van der Waals surface area contributed by atoms with E-state index < -0.39 is 0 Å². The molecule has 1 aliphatic rings. The Labute approximate surface area is 169 Å². The van der Waals surface area contributed by atoms with Gasteiger partial charge in [0.05, 0.1) is 11.1 Å². The molecule has 28 heavy (non-hydrogen) atoms. The molecule has 0 aliphatic heterocycles. The summed E-state index contributed by atoms with van der Waals surface area (Å²) in [6, 6.07) is 7.95. The van der Waals surface area contributed by atoms with E-state index in [9.17, 15) is 4.79 Å². The summed E-state index contributed by atoms with van der Waals surface area (Å²) in [5.74, 6) is 1.56. The van der Waals surface area contributed by atoms with Crippen molar-refractivity contribution in [2.24, 2.45) is 0 Å². The fourth-order valence-corrected chi connectivity index (χ4v) is 5.50. The molecule has 4 aromatic rings. The van der Waals surface area contributed by atoms with Crippen LogP contribution in [0, 0.1) is 6.92 Å². The van der Waals surface area contributed by atoms with Crippen molar-refractivity contribution in [3.8, 4) is 11.5 Å². The molecule has 3 heterocycles. The Morgan fingerprint density at radius 3 is 2.86 bits per heavy atom. The number of aryl methyl sites for hydroxylation is 3. The summed E-state index contributed by atoms with van der Waals surface area (Å²) >= 11 is 3.07. The third-order valence-electron chi connectivity index (χ3n) is 4.91. The number of nitrogens with one attached hydrogen (secondary N) is 1. The van der Waals surface area contributed by atoms with Gasteiger partial charge in [-0.05, 0) is 50.3 Å². The number of H-pyrrole nitrogens is 1. The minimum atomic E-state index is -0.0413. The van der Waals surface area contributed by atoms with Crippen LogP contribution in [0.4, 0.5) is 0 Å². The molecule has 5 rings (SSSR count). The number of benzene rings is 1. The zero-order chi connectivity index (χ0) is 19.1. The topological polar surface area (TPSA) is 84.7 Å². The number of rotatable bonds is 4. The molecule has 3 aromatic heterocycles. The number of thioether (sulfide) groups is 1. The summed E-state index contributed by atoms with van der Waals surface area (Å²) < 4.78 is 5.36. The van der Waals surface area contributed by atoms with Gasteiger partial charge in [0.2, 0.25) is 0 Å². The lowest BCUT2D eigenvalue weighted by atomic mass is 9.97. The highest BCUT2D eigenvalue weighted by molar-refractivity contribution is 7.98. The van der Waals surface area contributed by atoms with E-state index >= 15 is 0 Å². The highest BCUT2D eigenvalue weighted by atomic mass is 32.2. The van der Waals surface area contributed by atoms with Gasteiger partial charge < -0.3 is 9.51 Å². The number of aromatic nitrogens is 4. The summed E-state index contributed by atoms with van der Waals surface area (Å²) in [6.07, 6.45) is 4.39. The molecule has 0 bridgehead atoms. The van der Waals surface area contributed by atoms with Crippen LogP contribution in [-0.2, 0) is 18.6 Å². The summed E-state index contributed by atoms with van der Waals surface area (Å²) in [6.45, 7) is 2.04. The van der Waals surface area contributed by atoms with Crippen LogP contribution in [0.3, 0.4) is 0 Å². The third-order valence-corrected chi connectivity index (χ3v) is 6.96. The first-order valence-electron chi connectivity index (χ1n) is 9.24. The van der Waals surface area contributed by atoms with Crippen molar-refractivity contribution in [3.63, 3.8) is 0 Å². The van der Waals surface area contributed by atoms with E-state index in [0.29, 0.717) is 22.6 Å². The number of thiophene rings is 1. The molecule has 0 unspecified atom stereocenters. The summed E-state index contributed by atoms with van der Waals surface area (Å²) in [5.41, 5.74) is 3.24. The molecule has 0 radical (unpaired) electrons. The Morgan fingerprint density at radius 2 is 2.00 bits per heavy atom. The van der Waals surface area contributed by atoms with Gasteiger partial charge in [-0.15, -0.1) is 11.3 Å². The van der Waals surface area contributed by atoms with Gasteiger partial charge >= 0.3 is 0 Å². The van der Waals surface area contributed by atoms with Crippen LogP contribution < -0.4 is 5.56 Å². The van der Waals surface area contributed by atoms with Crippen molar-refractivity contribution in [2.75, 3.05) is 0 Å². The first-order chi connectivity index (χ1) is 13.7. The highest BCUT2D eigenvalue weighted by Crippen LogP contribution is 2.34. The lowest BCUT2D eigenvalue weighted by molar-refractivity contribution is 0.425. The van der Waals surface area contributed by atoms with Gasteiger partial charge in [-0.3, -0.25) is 4.79 Å². The first-order valence-corrected chi connectivity index (χ1v) is 11.0. The highest BCUT2D eigenvalue weighted by Gasteiger charge is 2.20. The summed E-state index contributed by atoms with van der Waals surface area (Å²) in [4.78, 5) is 26.8. The Hall–Kier alpha value is -2.45. The molecule has 0 amide bonds. The lowest BCUT2D eigenvalue weighted by Crippen LogP contribution is -2.10. The molecule has 1 aliphatic carbocycles. The van der Waals surface area contributed by atoms with Crippen LogP contribution in [0.5, 0.6) is 0 Å². The molecule has 0 fully saturated rings. The predicted octanol–water partition coefficient (Wildman–Crippen LogP) is 4.51. The van der Waals surface area contributed by atoms with Crippen molar-refractivity contribution in [1.29, 1.82) is 0 Å². The van der Waals surface area contributed by atoms with Crippen LogP contribution in [0.1, 0.15) is 34.7 Å². The van der Waals surface area contributed by atoms with Crippen molar-refractivity contribution >= 4 is 33.3 Å². The second kappa shape index (κ2) is 7.18. The van der Waals surface area contributed by atoms with Crippen LogP contribution >= 0.6 is 23.1 Å². The van der Waals surface area contributed by atoms with Gasteiger partial charge in [-0.25, -0.2) is 4.98 Å². The number of nitrogens with zero attached hydrogens (tertiary/aromatic N) is 3. The molecular formula is C20H18N4O2S2. The number of hydrogen-bond acceptors (Lipinski definition) is 7. The van der Waals surface area contributed by atoms with Crippen LogP contribution in [0.25, 0.3) is 21.7 Å². The van der Waals surface area contributed by atoms with Crippen LogP contribution in [-0.4, -0.2) is 20.1 Å². The molecule has 0 saturated carbocycles. The molecule has 142 valence electrons. The Balaban J connectivity index is 1.36. The monoisotopic (exact) mass is 410 g/mol. The van der Waals surface area contributed by atoms with Gasteiger partial charge in [0.25, 0.3) is 11.4 Å². The van der Waals surface area contributed by atoms with E-state index in [1.165, 1.54) is 34.2 Å². The normalized spacial score (nSPS) is 13.8. The Morgan fingerprint density at radius 1 is 1.18 bits per heavy atom. The zero-order valence-corrected chi connectivity index (χ0v) is 17.0. The van der Waals surface area contributed by atoms with Gasteiger partial charge in [0.1, 0.15) is 4.83 Å². The average Bonchev–Trinajstić information content (AvgIpc) is 3.31. The van der Waals surface area contributed by atoms with Gasteiger partial charge in [0.15, 0.2) is 11.0 Å². The number of hydrogen-bond donors (Lipinski definition) is 1. The minimum absolute atomic E-state index is 0.0413. The second-order valence-electron chi connectivity index (χ2n) is 6.93. The van der Waals surface area contributed by atoms with Crippen molar-refractivity contribution < 1.29 is 4.52 Å². The molecule has 0 saturated heterocycles. The van der Waals surface area contributed by atoms with E-state index in [0.717, 1.165) is 35.0 Å². The smallest absolute Gasteiger partial charge is 0.260 e. The van der Waals surface area contributed by atoms with Crippen molar-refractivity contribution in [2.45, 2.75) is 43.5 Å². The number of aromatic amines is 1. The minimum Gasteiger partial charge on any atom is -0.334 e. The predicted molar refractivity (Wildman–Crippen MR) is 111 cm³/mol. The molecule has 0 spiro atoms. The summed E-state index contributed by atoms with van der Waals surface area (Å²) in [5, 5.41) is 5.42. The second-order valence-corrected chi connectivity index (χ2v) is 8.98. The van der Waals surface area contributed by atoms with E-state index in [-0.39, 0.29) is 5.56 Å². The van der Waals surface area contributed by atoms with E-state index in [1.54, 1.807) is 11.3 Å². The van der Waals surface area contributed by atoms with Crippen molar-refractivity contribution in [3.05, 3.63) is 56.4 Å². The average molecular weight is 411 g/mol. The quantitative estimate of drug-likeness (QED) is 0.393. The summed E-state index contributed by atoms with van der Waals surface area (Å²) in [7, 11) is 0. The maximum Gasteiger partial charge on any atom is 0.260 e. The zero-order valence-electron chi connectivity index (χ0n) is 15.3. The molecule has 0 atom stereocenters. The molecule has 8 heteroatoms. The molecule has 1 aromatic carbocycles. The van der Waals surface area contributed by atoms with Gasteiger partial charge in [-0.1, -0.05) is 34.6 Å². The van der Waals surface area contributed by atoms with Gasteiger partial charge in [-0.2, -0.15) is 4.98 Å². The Kier molecular flexibility index (Phi) is 4.52. The fraction of sp³-hybridized carbons (Fsp3) is 0.300. The van der Waals surface area contributed by atoms with Crippen LogP contribution in [0.2, 0.25) is 0 Å². The standard InChI is InChI=1S/C20H18N4O2S2/c1-11-6-8-12(9-7-11)18-21-15(24-26-18)10-27-20-22-17(25)16-13-4-2-3-5-14(13)28-19(16)23-20/h6-9H,2-5,10H2,1H3,(H,22,23,25). The SMILES string of the molecule is Cc1ccc(-c2nc(CSc3nc4sc5c(c4c(=O)[nH]3)CCCC5)no2)cc1. The van der Waals surface area contributed by atoms with E-state index in [1.807, 2.05) is 31.2 Å². The van der Waals surface area contributed by atoms with Crippen molar-refractivity contribution in [1.82, 2.24) is 20.1 Å². The largest absolute Gasteiger partial charge is 0.334 e. The van der Waals surface area contributed by atoms with Crippen LogP contribution in [0.15, 0.2) is 38.7 Å². The van der Waals surface area contributed by atoms with E-state index in [4.69, 9.17) is 4.52 Å². The molecule has 6 nitrogen and oxygen atoms in total. The van der Waals surface area contributed by atoms with Gasteiger partial charge in [0, 0.05) is 10.4 Å². The third kappa shape index (κ3) is 3.27. The number of fused-ring (bicyclic) bond motifs is 3. The lowest BCUT2D eigenvalue weighted by Gasteiger charge is -2.09. The Bertz CT molecular complexity index is 1210. The fourth-order valence-electron chi connectivity index (χ4n) is 3.47. The first kappa shape index (κ1) is 17.6. The maximum atomic E-state index is 12.6.